The van der Waals surface area contributed by atoms with Gasteiger partial charge in [0.1, 0.15) is 5.82 Å². The van der Waals surface area contributed by atoms with E-state index in [-0.39, 0.29) is 0 Å². The summed E-state index contributed by atoms with van der Waals surface area (Å²) in [5, 5.41) is 3.08. The second-order valence-corrected chi connectivity index (χ2v) is 3.75. The lowest BCUT2D eigenvalue weighted by Gasteiger charge is -2.11. The Bertz CT molecular complexity index is 377. The maximum Gasteiger partial charge on any atom is 0.250 e. The number of hydrogen-bond acceptors (Lipinski definition) is 5. The molecular weight excluding hydrogens is 206 g/mol. The number of nitrogens with one attached hydrogen (secondary N) is 1. The molecule has 0 saturated heterocycles. The molecule has 0 fully saturated rings. The third-order valence-corrected chi connectivity index (χ3v) is 2.07. The number of carbonyl (C=O) groups excluding carboxylic acids is 1. The van der Waals surface area contributed by atoms with E-state index in [2.05, 4.69) is 10.3 Å². The molecule has 0 aromatic carbocycles. The van der Waals surface area contributed by atoms with Gasteiger partial charge in [0.2, 0.25) is 0 Å². The van der Waals surface area contributed by atoms with Crippen molar-refractivity contribution in [2.24, 2.45) is 5.73 Å². The molecule has 0 aliphatic carbocycles. The van der Waals surface area contributed by atoms with Crippen molar-refractivity contribution in [3.05, 3.63) is 17.8 Å². The fourth-order valence-corrected chi connectivity index (χ4v) is 1.18. The molecule has 5 N–H and O–H groups in total. The van der Waals surface area contributed by atoms with Gasteiger partial charge in [0.15, 0.2) is 0 Å². The summed E-state index contributed by atoms with van der Waals surface area (Å²) >= 11 is 0. The highest BCUT2D eigenvalue weighted by atomic mass is 16.1. The highest BCUT2D eigenvalue weighted by molar-refractivity contribution is 5.98. The number of primary amides is 1. The smallest absolute Gasteiger partial charge is 0.250 e. The number of nitrogens with zero attached hydrogens (tertiary/aromatic N) is 2. The number of aromatic nitrogens is 1. The van der Waals surface area contributed by atoms with Gasteiger partial charge in [-0.25, -0.2) is 4.98 Å². The average Bonchev–Trinajstić information content (AvgIpc) is 2.19. The van der Waals surface area contributed by atoms with Gasteiger partial charge < -0.3 is 21.7 Å². The van der Waals surface area contributed by atoms with Crippen molar-refractivity contribution in [3.8, 4) is 0 Å². The van der Waals surface area contributed by atoms with Gasteiger partial charge in [-0.3, -0.25) is 4.79 Å². The molecule has 88 valence electrons. The number of amides is 1. The molecule has 6 nitrogen and oxygen atoms in total. The zero-order chi connectivity index (χ0) is 12.1. The summed E-state index contributed by atoms with van der Waals surface area (Å²) in [7, 11) is 3.96. The maximum absolute atomic E-state index is 11.0. The molecule has 0 spiro atoms. The number of hydrogen-bond donors (Lipinski definition) is 3. The first-order chi connectivity index (χ1) is 7.50. The van der Waals surface area contributed by atoms with E-state index < -0.39 is 5.91 Å². The fourth-order valence-electron chi connectivity index (χ4n) is 1.18. The van der Waals surface area contributed by atoms with Crippen LogP contribution in [0.5, 0.6) is 0 Å². The monoisotopic (exact) mass is 223 g/mol. The molecule has 1 aromatic rings. The Balaban J connectivity index is 2.68. The highest BCUT2D eigenvalue weighted by Gasteiger charge is 2.07. The Morgan fingerprint density at radius 2 is 2.25 bits per heavy atom. The minimum absolute atomic E-state index is 0.294. The van der Waals surface area contributed by atoms with E-state index in [0.29, 0.717) is 17.1 Å². The summed E-state index contributed by atoms with van der Waals surface area (Å²) in [6, 6.07) is 1.56. The van der Waals surface area contributed by atoms with Crippen molar-refractivity contribution >= 4 is 17.4 Å². The number of anilines is 2. The summed E-state index contributed by atoms with van der Waals surface area (Å²) in [5.41, 5.74) is 11.3. The summed E-state index contributed by atoms with van der Waals surface area (Å²) in [4.78, 5) is 17.1. The van der Waals surface area contributed by atoms with Crippen LogP contribution >= 0.6 is 0 Å². The van der Waals surface area contributed by atoms with Crippen LogP contribution in [-0.2, 0) is 0 Å². The summed E-state index contributed by atoms with van der Waals surface area (Å²) in [5.74, 6) is 0.0559. The first-order valence-corrected chi connectivity index (χ1v) is 4.94. The van der Waals surface area contributed by atoms with E-state index in [1.54, 1.807) is 6.07 Å². The Morgan fingerprint density at radius 1 is 1.56 bits per heavy atom. The summed E-state index contributed by atoms with van der Waals surface area (Å²) in [6.45, 7) is 1.61. The van der Waals surface area contributed by atoms with Crippen molar-refractivity contribution in [2.45, 2.75) is 0 Å². The SMILES string of the molecule is CN(C)CCNc1cc(C(N)=O)c(N)cn1. The van der Waals surface area contributed by atoms with Crippen molar-refractivity contribution in [1.29, 1.82) is 0 Å². The lowest BCUT2D eigenvalue weighted by atomic mass is 10.2. The van der Waals surface area contributed by atoms with E-state index in [1.807, 2.05) is 19.0 Å². The molecule has 0 radical (unpaired) electrons. The van der Waals surface area contributed by atoms with Gasteiger partial charge in [-0.2, -0.15) is 0 Å². The standard InChI is InChI=1S/C10H17N5O/c1-15(2)4-3-13-9-5-7(10(12)16)8(11)6-14-9/h5-6H,3-4,11H2,1-2H3,(H2,12,16)(H,13,14). The Morgan fingerprint density at radius 3 is 2.81 bits per heavy atom. The predicted molar refractivity (Wildman–Crippen MR) is 64.2 cm³/mol. The van der Waals surface area contributed by atoms with Gasteiger partial charge in [0.05, 0.1) is 17.4 Å². The third kappa shape index (κ3) is 3.39. The number of nitrogen functional groups attached to an aromatic ring is 1. The van der Waals surface area contributed by atoms with Crippen LogP contribution < -0.4 is 16.8 Å². The Labute approximate surface area is 94.6 Å². The zero-order valence-corrected chi connectivity index (χ0v) is 9.53. The van der Waals surface area contributed by atoms with E-state index in [4.69, 9.17) is 11.5 Å². The molecule has 0 saturated carbocycles. The lowest BCUT2D eigenvalue weighted by Crippen LogP contribution is -2.21. The van der Waals surface area contributed by atoms with E-state index >= 15 is 0 Å². The number of nitrogens with two attached hydrogens (primary N) is 2. The summed E-state index contributed by atoms with van der Waals surface area (Å²) in [6.07, 6.45) is 1.43. The van der Waals surface area contributed by atoms with Crippen LogP contribution in [0.4, 0.5) is 11.5 Å². The van der Waals surface area contributed by atoms with Crippen molar-refractivity contribution in [3.63, 3.8) is 0 Å². The Hall–Kier alpha value is -1.82. The predicted octanol–water partition coefficient (Wildman–Crippen LogP) is -0.264. The zero-order valence-electron chi connectivity index (χ0n) is 9.53. The molecule has 1 aromatic heterocycles. The molecule has 0 bridgehead atoms. The minimum atomic E-state index is -0.546. The molecule has 1 amide bonds. The van der Waals surface area contributed by atoms with E-state index in [0.717, 1.165) is 13.1 Å². The van der Waals surface area contributed by atoms with Crippen LogP contribution in [0.1, 0.15) is 10.4 Å². The van der Waals surface area contributed by atoms with Crippen LogP contribution in [0.15, 0.2) is 12.3 Å². The Kier molecular flexibility index (Phi) is 4.07. The van der Waals surface area contributed by atoms with Crippen molar-refractivity contribution in [1.82, 2.24) is 9.88 Å². The summed E-state index contributed by atoms with van der Waals surface area (Å²) < 4.78 is 0. The molecule has 0 aliphatic rings. The molecule has 1 heterocycles. The van der Waals surface area contributed by atoms with Gasteiger partial charge >= 0.3 is 0 Å². The molecule has 16 heavy (non-hydrogen) atoms. The van der Waals surface area contributed by atoms with Crippen LogP contribution in [-0.4, -0.2) is 43.0 Å². The largest absolute Gasteiger partial charge is 0.397 e. The van der Waals surface area contributed by atoms with Crippen molar-refractivity contribution in [2.75, 3.05) is 38.2 Å². The van der Waals surface area contributed by atoms with Crippen LogP contribution in [0.2, 0.25) is 0 Å². The van der Waals surface area contributed by atoms with Gasteiger partial charge in [-0.05, 0) is 20.2 Å². The van der Waals surface area contributed by atoms with Gasteiger partial charge in [-0.1, -0.05) is 0 Å². The molecular formula is C10H17N5O. The van der Waals surface area contributed by atoms with E-state index in [1.165, 1.54) is 6.20 Å². The van der Waals surface area contributed by atoms with Crippen LogP contribution in [0.25, 0.3) is 0 Å². The molecule has 0 unspecified atom stereocenters. The molecule has 0 atom stereocenters. The average molecular weight is 223 g/mol. The minimum Gasteiger partial charge on any atom is -0.397 e. The number of carbonyl (C=O) groups is 1. The van der Waals surface area contributed by atoms with Gasteiger partial charge in [0.25, 0.3) is 5.91 Å². The highest BCUT2D eigenvalue weighted by Crippen LogP contribution is 2.13. The quantitative estimate of drug-likeness (QED) is 0.638. The first-order valence-electron chi connectivity index (χ1n) is 4.94. The van der Waals surface area contributed by atoms with Gasteiger partial charge in [0, 0.05) is 13.1 Å². The number of likely N-dealkylation sites (N-methyl/N-ethyl adjacent to an activating group) is 1. The second kappa shape index (κ2) is 5.32. The second-order valence-electron chi connectivity index (χ2n) is 3.75. The molecule has 1 rings (SSSR count). The topological polar surface area (TPSA) is 97.3 Å². The number of pyridine rings is 1. The lowest BCUT2D eigenvalue weighted by molar-refractivity contribution is 0.100. The molecule has 0 aliphatic heterocycles. The van der Waals surface area contributed by atoms with Crippen molar-refractivity contribution < 1.29 is 4.79 Å². The van der Waals surface area contributed by atoms with E-state index in [9.17, 15) is 4.79 Å². The fraction of sp³-hybridized carbons (Fsp3) is 0.400. The molecule has 6 heteroatoms. The first kappa shape index (κ1) is 12.3. The van der Waals surface area contributed by atoms with Crippen LogP contribution in [0.3, 0.4) is 0 Å². The third-order valence-electron chi connectivity index (χ3n) is 2.07. The van der Waals surface area contributed by atoms with Gasteiger partial charge in [-0.15, -0.1) is 0 Å². The maximum atomic E-state index is 11.0. The number of rotatable bonds is 5. The van der Waals surface area contributed by atoms with Crippen LogP contribution in [0, 0.1) is 0 Å². The normalized spacial score (nSPS) is 10.4.